The van der Waals surface area contributed by atoms with Crippen molar-refractivity contribution in [1.29, 1.82) is 0 Å². The molecule has 0 fully saturated rings. The summed E-state index contributed by atoms with van der Waals surface area (Å²) in [7, 11) is -4.04. The van der Waals surface area contributed by atoms with Crippen molar-refractivity contribution in [1.82, 2.24) is 4.98 Å². The molecule has 0 unspecified atom stereocenters. The van der Waals surface area contributed by atoms with Gasteiger partial charge in [-0.15, -0.1) is 0 Å². The number of amides is 2. The summed E-state index contributed by atoms with van der Waals surface area (Å²) in [6.07, 6.45) is 0. The molecule has 0 spiro atoms. The van der Waals surface area contributed by atoms with Gasteiger partial charge in [0.1, 0.15) is 5.69 Å². The van der Waals surface area contributed by atoms with E-state index < -0.39 is 16.1 Å². The quantitative estimate of drug-likeness (QED) is 0.312. The molecule has 0 aliphatic heterocycles. The van der Waals surface area contributed by atoms with Crippen molar-refractivity contribution >= 4 is 21.7 Å². The van der Waals surface area contributed by atoms with E-state index in [0.29, 0.717) is 21.9 Å². The Morgan fingerprint density at radius 1 is 0.938 bits per heavy atom. The molecule has 0 bridgehead atoms. The van der Waals surface area contributed by atoms with Crippen LogP contribution >= 0.6 is 0 Å². The topological polar surface area (TPSA) is 153 Å². The number of primary sulfonamides is 1. The summed E-state index contributed by atoms with van der Waals surface area (Å²) in [6.45, 7) is 0. The number of rotatable bonds is 5. The van der Waals surface area contributed by atoms with Crippen LogP contribution in [0, 0.1) is 0 Å². The number of nitrogens with two attached hydrogens (primary N) is 2. The molecule has 9 nitrogen and oxygen atoms in total. The molecule has 0 saturated heterocycles. The van der Waals surface area contributed by atoms with Crippen LogP contribution in [0.1, 0.15) is 0 Å². The SMILES string of the molecule is NC(=O)N(O)c1cccc(-c2nc(-c3ccccc3)c(-c3ccccc3S(N)(=O)=O)o2)c1. The lowest BCUT2D eigenvalue weighted by atomic mass is 10.1. The van der Waals surface area contributed by atoms with Crippen molar-refractivity contribution in [3.63, 3.8) is 0 Å². The summed E-state index contributed by atoms with van der Waals surface area (Å²) in [5.74, 6) is 0.347. The third-order valence-electron chi connectivity index (χ3n) is 4.66. The molecular weight excluding hydrogens is 432 g/mol. The van der Waals surface area contributed by atoms with E-state index in [1.807, 2.05) is 30.3 Å². The van der Waals surface area contributed by atoms with Gasteiger partial charge in [-0.2, -0.15) is 5.06 Å². The first-order valence-corrected chi connectivity index (χ1v) is 10.9. The minimum Gasteiger partial charge on any atom is -0.435 e. The minimum atomic E-state index is -4.04. The summed E-state index contributed by atoms with van der Waals surface area (Å²) >= 11 is 0. The van der Waals surface area contributed by atoms with Gasteiger partial charge in [-0.1, -0.05) is 48.5 Å². The van der Waals surface area contributed by atoms with Gasteiger partial charge in [0.2, 0.25) is 15.9 Å². The third-order valence-corrected chi connectivity index (χ3v) is 5.63. The van der Waals surface area contributed by atoms with Crippen LogP contribution < -0.4 is 15.9 Å². The molecule has 162 valence electrons. The molecule has 0 aliphatic carbocycles. The third kappa shape index (κ3) is 4.10. The van der Waals surface area contributed by atoms with E-state index in [1.54, 1.807) is 30.3 Å². The Morgan fingerprint density at radius 2 is 1.59 bits per heavy atom. The maximum Gasteiger partial charge on any atom is 0.343 e. The Hall–Kier alpha value is -3.99. The van der Waals surface area contributed by atoms with Gasteiger partial charge in [0.25, 0.3) is 0 Å². The number of primary amides is 1. The van der Waals surface area contributed by atoms with E-state index >= 15 is 0 Å². The lowest BCUT2D eigenvalue weighted by Crippen LogP contribution is -2.32. The van der Waals surface area contributed by atoms with E-state index in [0.717, 1.165) is 0 Å². The molecule has 3 aromatic carbocycles. The van der Waals surface area contributed by atoms with Crippen molar-refractivity contribution in [3.8, 4) is 34.0 Å². The highest BCUT2D eigenvalue weighted by Gasteiger charge is 2.24. The Kier molecular flexibility index (Phi) is 5.49. The highest BCUT2D eigenvalue weighted by atomic mass is 32.2. The van der Waals surface area contributed by atoms with Crippen LogP contribution in [0.25, 0.3) is 34.0 Å². The summed E-state index contributed by atoms with van der Waals surface area (Å²) in [5.41, 5.74) is 7.01. The molecular formula is C22H18N4O5S. The van der Waals surface area contributed by atoms with Crippen LogP contribution in [0.15, 0.2) is 88.2 Å². The zero-order valence-electron chi connectivity index (χ0n) is 16.5. The van der Waals surface area contributed by atoms with Gasteiger partial charge in [-0.05, 0) is 30.3 Å². The van der Waals surface area contributed by atoms with Crippen LogP contribution in [0.5, 0.6) is 0 Å². The predicted octanol–water partition coefficient (Wildman–Crippen LogP) is 3.60. The number of urea groups is 1. The van der Waals surface area contributed by atoms with Crippen molar-refractivity contribution in [2.24, 2.45) is 10.9 Å². The second kappa shape index (κ2) is 8.27. The number of hydroxylamine groups is 1. The number of anilines is 1. The van der Waals surface area contributed by atoms with E-state index in [1.165, 1.54) is 18.2 Å². The number of benzene rings is 3. The normalized spacial score (nSPS) is 11.3. The average molecular weight is 450 g/mol. The number of hydrogen-bond acceptors (Lipinski definition) is 6. The average Bonchev–Trinajstić information content (AvgIpc) is 3.24. The lowest BCUT2D eigenvalue weighted by Gasteiger charge is -2.12. The zero-order valence-corrected chi connectivity index (χ0v) is 17.4. The molecule has 1 heterocycles. The molecule has 1 aromatic heterocycles. The standard InChI is InChI=1S/C22H18N4O5S/c23-22(27)26(28)16-10-6-9-15(13-16)21-25-19(14-7-2-1-3-8-14)20(31-21)17-11-4-5-12-18(17)32(24,29)30/h1-13,28H,(H2,23,27)(H2,24,29,30). The van der Waals surface area contributed by atoms with E-state index in [4.69, 9.17) is 15.3 Å². The first-order valence-electron chi connectivity index (χ1n) is 9.33. The van der Waals surface area contributed by atoms with Gasteiger partial charge >= 0.3 is 6.03 Å². The van der Waals surface area contributed by atoms with Crippen LogP contribution in [-0.4, -0.2) is 24.6 Å². The number of nitrogens with zero attached hydrogens (tertiary/aromatic N) is 2. The van der Waals surface area contributed by atoms with Crippen LogP contribution in [0.2, 0.25) is 0 Å². The second-order valence-corrected chi connectivity index (χ2v) is 8.33. The molecule has 4 aromatic rings. The van der Waals surface area contributed by atoms with E-state index in [-0.39, 0.29) is 27.8 Å². The summed E-state index contributed by atoms with van der Waals surface area (Å²) in [5, 5.41) is 15.5. The van der Waals surface area contributed by atoms with E-state index in [9.17, 15) is 18.4 Å². The highest BCUT2D eigenvalue weighted by molar-refractivity contribution is 7.89. The minimum absolute atomic E-state index is 0.108. The van der Waals surface area contributed by atoms with Crippen molar-refractivity contribution in [2.45, 2.75) is 4.90 Å². The molecule has 32 heavy (non-hydrogen) atoms. The fourth-order valence-corrected chi connectivity index (χ4v) is 3.95. The van der Waals surface area contributed by atoms with Crippen LogP contribution in [0.4, 0.5) is 10.5 Å². The Labute approximate surface area is 183 Å². The molecule has 0 saturated carbocycles. The van der Waals surface area contributed by atoms with E-state index in [2.05, 4.69) is 4.98 Å². The predicted molar refractivity (Wildman–Crippen MR) is 118 cm³/mol. The highest BCUT2D eigenvalue weighted by Crippen LogP contribution is 2.38. The summed E-state index contributed by atoms with van der Waals surface area (Å²) in [4.78, 5) is 15.8. The smallest absolute Gasteiger partial charge is 0.343 e. The molecule has 2 amide bonds. The molecule has 4 rings (SSSR count). The van der Waals surface area contributed by atoms with Gasteiger partial charge in [0.15, 0.2) is 5.76 Å². The first-order chi connectivity index (χ1) is 15.3. The number of carbonyl (C=O) groups excluding carboxylic acids is 1. The van der Waals surface area contributed by atoms with Gasteiger partial charge < -0.3 is 10.2 Å². The van der Waals surface area contributed by atoms with Gasteiger partial charge in [0, 0.05) is 16.7 Å². The molecule has 0 atom stereocenters. The van der Waals surface area contributed by atoms with Gasteiger partial charge in [-0.25, -0.2) is 23.3 Å². The summed E-state index contributed by atoms with van der Waals surface area (Å²) < 4.78 is 30.4. The van der Waals surface area contributed by atoms with Crippen LogP contribution in [-0.2, 0) is 10.0 Å². The first kappa shape index (κ1) is 21.2. The Bertz CT molecular complexity index is 1400. The fourth-order valence-electron chi connectivity index (χ4n) is 3.22. The van der Waals surface area contributed by atoms with Crippen molar-refractivity contribution in [2.75, 3.05) is 5.06 Å². The number of sulfonamides is 1. The Morgan fingerprint density at radius 3 is 2.28 bits per heavy atom. The molecule has 0 radical (unpaired) electrons. The largest absolute Gasteiger partial charge is 0.435 e. The van der Waals surface area contributed by atoms with Crippen LogP contribution in [0.3, 0.4) is 0 Å². The molecule has 10 heteroatoms. The number of hydrogen-bond donors (Lipinski definition) is 3. The maximum absolute atomic E-state index is 12.2. The van der Waals surface area contributed by atoms with Gasteiger partial charge in [-0.3, -0.25) is 5.21 Å². The Balaban J connectivity index is 1.94. The zero-order chi connectivity index (χ0) is 22.9. The fraction of sp³-hybridized carbons (Fsp3) is 0. The monoisotopic (exact) mass is 450 g/mol. The van der Waals surface area contributed by atoms with Crippen molar-refractivity contribution in [3.05, 3.63) is 78.9 Å². The number of aromatic nitrogens is 1. The number of oxazole rings is 1. The molecule has 0 aliphatic rings. The maximum atomic E-state index is 12.2. The van der Waals surface area contributed by atoms with Crippen molar-refractivity contribution < 1.29 is 22.8 Å². The summed E-state index contributed by atoms with van der Waals surface area (Å²) in [6, 6.07) is 20.4. The second-order valence-electron chi connectivity index (χ2n) is 6.80. The lowest BCUT2D eigenvalue weighted by molar-refractivity contribution is 0.212. The number of carbonyl (C=O) groups is 1. The molecule has 5 N–H and O–H groups in total. The van der Waals surface area contributed by atoms with Gasteiger partial charge in [0.05, 0.1) is 10.6 Å².